The highest BCUT2D eigenvalue weighted by Gasteiger charge is 2.23. The van der Waals surface area contributed by atoms with E-state index in [1.807, 2.05) is 23.6 Å². The van der Waals surface area contributed by atoms with Gasteiger partial charge >= 0.3 is 0 Å². The third-order valence-electron chi connectivity index (χ3n) is 4.73. The van der Waals surface area contributed by atoms with E-state index in [0.29, 0.717) is 6.42 Å². The Kier molecular flexibility index (Phi) is 6.36. The normalized spacial score (nSPS) is 20.2. The zero-order valence-corrected chi connectivity index (χ0v) is 15.2. The quantitative estimate of drug-likeness (QED) is 0.746. The summed E-state index contributed by atoms with van der Waals surface area (Å²) in [6.07, 6.45) is 2.60. The van der Waals surface area contributed by atoms with E-state index in [-0.39, 0.29) is 24.2 Å². The van der Waals surface area contributed by atoms with Crippen molar-refractivity contribution in [3.8, 4) is 0 Å². The fourth-order valence-corrected chi connectivity index (χ4v) is 4.01. The lowest BCUT2D eigenvalue weighted by molar-refractivity contribution is -0.918. The molecule has 1 aliphatic heterocycles. The number of carbonyl (C=O) groups is 2. The Morgan fingerprint density at radius 3 is 2.48 bits per heavy atom. The maximum absolute atomic E-state index is 12.1. The zero-order chi connectivity index (χ0) is 17.5. The number of likely N-dealkylation sites (tertiary alicyclic amines) is 1. The van der Waals surface area contributed by atoms with E-state index in [0.717, 1.165) is 37.4 Å². The molecule has 0 atom stereocenters. The van der Waals surface area contributed by atoms with Crippen molar-refractivity contribution in [1.29, 1.82) is 0 Å². The lowest BCUT2D eigenvalue weighted by Gasteiger charge is -2.29. The highest BCUT2D eigenvalue weighted by Crippen LogP contribution is 2.12. The molecule has 1 aromatic heterocycles. The first-order valence-electron chi connectivity index (χ1n) is 8.94. The molecule has 0 unspecified atom stereocenters. The summed E-state index contributed by atoms with van der Waals surface area (Å²) in [6.45, 7) is 3.21. The van der Waals surface area contributed by atoms with Gasteiger partial charge in [-0.3, -0.25) is 9.59 Å². The summed E-state index contributed by atoms with van der Waals surface area (Å²) >= 11 is 1.44. The predicted molar refractivity (Wildman–Crippen MR) is 99.9 cm³/mol. The highest BCUT2D eigenvalue weighted by molar-refractivity contribution is 7.12. The van der Waals surface area contributed by atoms with E-state index in [2.05, 4.69) is 29.6 Å². The second-order valence-corrected chi connectivity index (χ2v) is 7.60. The van der Waals surface area contributed by atoms with Crippen LogP contribution in [0.3, 0.4) is 0 Å². The number of rotatable bonds is 7. The van der Waals surface area contributed by atoms with Crippen molar-refractivity contribution in [3.63, 3.8) is 0 Å². The molecular weight excluding hydrogens is 332 g/mol. The number of piperidine rings is 1. The summed E-state index contributed by atoms with van der Waals surface area (Å²) in [5.74, 6) is 0.0636. The Balaban J connectivity index is 1.35. The summed E-state index contributed by atoms with van der Waals surface area (Å²) < 4.78 is 0. The highest BCUT2D eigenvalue weighted by atomic mass is 32.1. The molecule has 0 bridgehead atoms. The van der Waals surface area contributed by atoms with Crippen molar-refractivity contribution >= 4 is 23.0 Å². The molecule has 3 rings (SSSR count). The number of thiophene rings is 1. The average molecular weight is 357 g/mol. The number of nitrogens with one attached hydrogen (secondary N) is 2. The van der Waals surface area contributed by atoms with Gasteiger partial charge in [-0.15, -0.1) is 11.3 Å². The Hall–Kier alpha value is -1.98. The van der Waals surface area contributed by atoms with Gasteiger partial charge in [-0.05, 0) is 11.4 Å². The molecule has 1 amide bonds. The van der Waals surface area contributed by atoms with Gasteiger partial charge < -0.3 is 10.2 Å². The number of quaternary nitrogens is 1. The second-order valence-electron chi connectivity index (χ2n) is 6.65. The summed E-state index contributed by atoms with van der Waals surface area (Å²) in [5, 5.41) is 4.99. The van der Waals surface area contributed by atoms with Crippen LogP contribution in [-0.2, 0) is 11.3 Å². The van der Waals surface area contributed by atoms with E-state index in [4.69, 9.17) is 0 Å². The van der Waals surface area contributed by atoms with Crippen molar-refractivity contribution < 1.29 is 14.5 Å². The zero-order valence-electron chi connectivity index (χ0n) is 14.4. The summed E-state index contributed by atoms with van der Waals surface area (Å²) in [6, 6.07) is 14.5. The van der Waals surface area contributed by atoms with Crippen LogP contribution in [0, 0.1) is 0 Å². The maximum Gasteiger partial charge on any atom is 0.220 e. The molecule has 1 saturated heterocycles. The van der Waals surface area contributed by atoms with Crippen LogP contribution in [0.15, 0.2) is 47.8 Å². The summed E-state index contributed by atoms with van der Waals surface area (Å²) in [5.41, 5.74) is 1.37. The molecule has 1 fully saturated rings. The lowest BCUT2D eigenvalue weighted by atomic mass is 10.0. The van der Waals surface area contributed by atoms with Gasteiger partial charge in [0.2, 0.25) is 5.91 Å². The Labute approximate surface area is 152 Å². The molecular formula is C20H25N2O2S+. The Morgan fingerprint density at radius 2 is 1.80 bits per heavy atom. The third-order valence-corrected chi connectivity index (χ3v) is 5.64. The number of Topliss-reactive ketones (excluding diaryl/α,β-unsaturated/α-hetero) is 1. The smallest absolute Gasteiger partial charge is 0.220 e. The van der Waals surface area contributed by atoms with Crippen molar-refractivity contribution in [2.75, 3.05) is 13.1 Å². The minimum absolute atomic E-state index is 0.00131. The fourth-order valence-electron chi connectivity index (χ4n) is 3.32. The third kappa shape index (κ3) is 5.51. The molecule has 0 aliphatic carbocycles. The van der Waals surface area contributed by atoms with Crippen LogP contribution >= 0.6 is 11.3 Å². The predicted octanol–water partition coefficient (Wildman–Crippen LogP) is 2.07. The molecule has 1 aliphatic rings. The van der Waals surface area contributed by atoms with E-state index in [9.17, 15) is 9.59 Å². The molecule has 5 heteroatoms. The minimum Gasteiger partial charge on any atom is -0.353 e. The first kappa shape index (κ1) is 17.8. The largest absolute Gasteiger partial charge is 0.353 e. The molecule has 0 saturated carbocycles. The SMILES string of the molecule is O=C(CCC(=O)c1cccs1)NC1CC[NH+](Cc2ccccc2)CC1. The van der Waals surface area contributed by atoms with E-state index in [1.54, 1.807) is 4.90 Å². The Morgan fingerprint density at radius 1 is 1.04 bits per heavy atom. The summed E-state index contributed by atoms with van der Waals surface area (Å²) in [7, 11) is 0. The minimum atomic E-state index is 0.00131. The summed E-state index contributed by atoms with van der Waals surface area (Å²) in [4.78, 5) is 26.4. The van der Waals surface area contributed by atoms with Crippen molar-refractivity contribution in [1.82, 2.24) is 5.32 Å². The molecule has 0 spiro atoms. The van der Waals surface area contributed by atoms with Gasteiger partial charge in [-0.2, -0.15) is 0 Å². The Bertz CT molecular complexity index is 677. The van der Waals surface area contributed by atoms with Crippen LogP contribution in [-0.4, -0.2) is 30.8 Å². The number of hydrogen-bond acceptors (Lipinski definition) is 3. The molecule has 0 radical (unpaired) electrons. The van der Waals surface area contributed by atoms with Gasteiger partial charge in [0.05, 0.1) is 18.0 Å². The van der Waals surface area contributed by atoms with E-state index in [1.165, 1.54) is 16.9 Å². The maximum atomic E-state index is 12.1. The molecule has 4 nitrogen and oxygen atoms in total. The van der Waals surface area contributed by atoms with E-state index >= 15 is 0 Å². The molecule has 132 valence electrons. The van der Waals surface area contributed by atoms with Gasteiger partial charge in [0.25, 0.3) is 0 Å². The van der Waals surface area contributed by atoms with Crippen LogP contribution in [0.5, 0.6) is 0 Å². The number of ketones is 1. The first-order valence-corrected chi connectivity index (χ1v) is 9.82. The topological polar surface area (TPSA) is 50.6 Å². The molecule has 2 heterocycles. The lowest BCUT2D eigenvalue weighted by Crippen LogP contribution is -3.12. The van der Waals surface area contributed by atoms with Crippen LogP contribution in [0.1, 0.15) is 40.9 Å². The van der Waals surface area contributed by atoms with E-state index < -0.39 is 0 Å². The van der Waals surface area contributed by atoms with Crippen LogP contribution in [0.2, 0.25) is 0 Å². The first-order chi connectivity index (χ1) is 12.2. The molecule has 25 heavy (non-hydrogen) atoms. The van der Waals surface area contributed by atoms with Gasteiger partial charge in [0, 0.05) is 37.3 Å². The van der Waals surface area contributed by atoms with Crippen LogP contribution in [0.4, 0.5) is 0 Å². The van der Waals surface area contributed by atoms with Crippen molar-refractivity contribution in [2.24, 2.45) is 0 Å². The van der Waals surface area contributed by atoms with Crippen LogP contribution in [0.25, 0.3) is 0 Å². The van der Waals surface area contributed by atoms with Gasteiger partial charge in [0.1, 0.15) is 6.54 Å². The molecule has 2 aromatic rings. The number of hydrogen-bond donors (Lipinski definition) is 2. The standard InChI is InChI=1S/C20H24N2O2S/c23-18(19-7-4-14-25-19)8-9-20(24)21-17-10-12-22(13-11-17)15-16-5-2-1-3-6-16/h1-7,14,17H,8-13,15H2,(H,21,24)/p+1. The number of carbonyl (C=O) groups excluding carboxylic acids is 2. The van der Waals surface area contributed by atoms with Gasteiger partial charge in [-0.25, -0.2) is 0 Å². The fraction of sp³-hybridized carbons (Fsp3) is 0.400. The number of benzene rings is 1. The molecule has 2 N–H and O–H groups in total. The van der Waals surface area contributed by atoms with Gasteiger partial charge in [0.15, 0.2) is 5.78 Å². The molecule has 1 aromatic carbocycles. The van der Waals surface area contributed by atoms with Gasteiger partial charge in [-0.1, -0.05) is 36.4 Å². The number of amides is 1. The van der Waals surface area contributed by atoms with Crippen molar-refractivity contribution in [3.05, 3.63) is 58.3 Å². The van der Waals surface area contributed by atoms with Crippen molar-refractivity contribution in [2.45, 2.75) is 38.3 Å². The average Bonchev–Trinajstić information content (AvgIpc) is 3.17. The second kappa shape index (κ2) is 8.92. The van der Waals surface area contributed by atoms with Crippen LogP contribution < -0.4 is 10.2 Å². The monoisotopic (exact) mass is 357 g/mol.